The van der Waals surface area contributed by atoms with Gasteiger partial charge in [0.1, 0.15) is 6.10 Å². The normalized spacial score (nSPS) is 13.8. The number of allylic oxidation sites excluding steroid dienone is 9. The van der Waals surface area contributed by atoms with Gasteiger partial charge in [0.05, 0.1) is 25.2 Å². The highest BCUT2D eigenvalue weighted by Gasteiger charge is 2.23. The quantitative estimate of drug-likeness (QED) is 0.0323. The maximum Gasteiger partial charge on any atom is 0.306 e. The summed E-state index contributed by atoms with van der Waals surface area (Å²) in [6.07, 6.45) is 57.4. The molecule has 3 atom stereocenters. The molecule has 0 aliphatic heterocycles. The Morgan fingerprint density at radius 1 is 0.508 bits per heavy atom. The van der Waals surface area contributed by atoms with Crippen LogP contribution in [0, 0.1) is 0 Å². The van der Waals surface area contributed by atoms with Crippen LogP contribution in [0.2, 0.25) is 0 Å². The number of esters is 1. The van der Waals surface area contributed by atoms with Crippen molar-refractivity contribution < 1.29 is 24.5 Å². The van der Waals surface area contributed by atoms with Crippen molar-refractivity contribution in [3.63, 3.8) is 0 Å². The Kier molecular flexibility index (Phi) is 44.7. The van der Waals surface area contributed by atoms with E-state index >= 15 is 0 Å². The van der Waals surface area contributed by atoms with Gasteiger partial charge in [0.15, 0.2) is 0 Å². The standard InChI is InChI=1S/C53H95NO5/c1-4-7-10-13-16-19-22-24-26-28-31-34-37-40-43-46-53(58)59-49(44-41-38-35-32-30-27-25-23-20-17-14-11-8-5-2)47-52(57)54-50(48-55)51(56)45-42-39-36-33-29-21-18-15-12-9-6-3/h8,11,17,20,25,27,32,35,41,44,49-51,55-56H,4-7,9-10,12-16,18-19,21-24,26,28-31,33-34,36-40,42-43,45-48H2,1-3H3,(H,54,57)/b11-8+,20-17+,27-25+,35-32+,44-41+. The lowest BCUT2D eigenvalue weighted by Crippen LogP contribution is -2.46. The lowest BCUT2D eigenvalue weighted by atomic mass is 10.0. The Hall–Kier alpha value is -2.44. The van der Waals surface area contributed by atoms with Crippen molar-refractivity contribution in [3.05, 3.63) is 60.8 Å². The highest BCUT2D eigenvalue weighted by molar-refractivity contribution is 5.78. The molecule has 0 aliphatic carbocycles. The van der Waals surface area contributed by atoms with E-state index in [0.29, 0.717) is 19.3 Å². The molecule has 6 nitrogen and oxygen atoms in total. The summed E-state index contributed by atoms with van der Waals surface area (Å²) in [5, 5.41) is 23.6. The molecule has 0 heterocycles. The van der Waals surface area contributed by atoms with E-state index in [-0.39, 0.29) is 24.9 Å². The van der Waals surface area contributed by atoms with Gasteiger partial charge in [0.2, 0.25) is 5.91 Å². The molecule has 0 rings (SSSR count). The number of hydrogen-bond donors (Lipinski definition) is 3. The monoisotopic (exact) mass is 826 g/mol. The van der Waals surface area contributed by atoms with Crippen LogP contribution >= 0.6 is 0 Å². The van der Waals surface area contributed by atoms with E-state index in [1.54, 1.807) is 6.08 Å². The zero-order valence-corrected chi connectivity index (χ0v) is 38.9. The first-order chi connectivity index (χ1) is 29.0. The third kappa shape index (κ3) is 42.1. The van der Waals surface area contributed by atoms with Crippen LogP contribution in [-0.4, -0.2) is 46.9 Å². The summed E-state index contributed by atoms with van der Waals surface area (Å²) < 4.78 is 5.82. The van der Waals surface area contributed by atoms with Crippen LogP contribution < -0.4 is 5.32 Å². The molecule has 0 spiro atoms. The van der Waals surface area contributed by atoms with Gasteiger partial charge in [-0.1, -0.05) is 236 Å². The van der Waals surface area contributed by atoms with Crippen LogP contribution in [0.1, 0.15) is 239 Å². The number of hydrogen-bond acceptors (Lipinski definition) is 5. The van der Waals surface area contributed by atoms with E-state index in [1.165, 1.54) is 128 Å². The third-order valence-electron chi connectivity index (χ3n) is 11.1. The predicted octanol–water partition coefficient (Wildman–Crippen LogP) is 14.8. The summed E-state index contributed by atoms with van der Waals surface area (Å²) in [5.41, 5.74) is 0. The summed E-state index contributed by atoms with van der Waals surface area (Å²) in [6.45, 7) is 6.33. The number of amides is 1. The van der Waals surface area contributed by atoms with Gasteiger partial charge in [-0.3, -0.25) is 9.59 Å². The molecule has 3 N–H and O–H groups in total. The number of rotatable bonds is 44. The van der Waals surface area contributed by atoms with Gasteiger partial charge in [-0.15, -0.1) is 0 Å². The number of aliphatic hydroxyl groups is 2. The minimum absolute atomic E-state index is 0.0447. The zero-order valence-electron chi connectivity index (χ0n) is 38.9. The fourth-order valence-corrected chi connectivity index (χ4v) is 7.33. The smallest absolute Gasteiger partial charge is 0.306 e. The number of nitrogens with one attached hydrogen (secondary N) is 1. The fraction of sp³-hybridized carbons (Fsp3) is 0.774. The summed E-state index contributed by atoms with van der Waals surface area (Å²) >= 11 is 0. The lowest BCUT2D eigenvalue weighted by Gasteiger charge is -2.23. The summed E-state index contributed by atoms with van der Waals surface area (Å²) in [7, 11) is 0. The van der Waals surface area contributed by atoms with Crippen molar-refractivity contribution in [1.82, 2.24) is 5.32 Å². The zero-order chi connectivity index (χ0) is 43.1. The van der Waals surface area contributed by atoms with E-state index in [0.717, 1.165) is 64.2 Å². The number of carbonyl (C=O) groups excluding carboxylic acids is 2. The molecule has 342 valence electrons. The van der Waals surface area contributed by atoms with E-state index in [1.807, 2.05) is 6.08 Å². The molecule has 0 bridgehead atoms. The van der Waals surface area contributed by atoms with Gasteiger partial charge in [0, 0.05) is 6.42 Å². The molecular weight excluding hydrogens is 731 g/mol. The molecule has 0 aromatic heterocycles. The summed E-state index contributed by atoms with van der Waals surface area (Å²) in [6, 6.07) is -0.740. The van der Waals surface area contributed by atoms with Crippen molar-refractivity contribution >= 4 is 11.9 Å². The molecular formula is C53H95NO5. The third-order valence-corrected chi connectivity index (χ3v) is 11.1. The molecule has 0 aliphatic rings. The highest BCUT2D eigenvalue weighted by atomic mass is 16.5. The molecule has 59 heavy (non-hydrogen) atoms. The Balaban J connectivity index is 4.72. The largest absolute Gasteiger partial charge is 0.458 e. The van der Waals surface area contributed by atoms with Gasteiger partial charge in [-0.05, 0) is 51.0 Å². The van der Waals surface area contributed by atoms with Crippen LogP contribution in [0.15, 0.2) is 60.8 Å². The number of ether oxygens (including phenoxy) is 1. The van der Waals surface area contributed by atoms with Crippen molar-refractivity contribution in [1.29, 1.82) is 0 Å². The predicted molar refractivity (Wildman–Crippen MR) is 255 cm³/mol. The highest BCUT2D eigenvalue weighted by Crippen LogP contribution is 2.16. The van der Waals surface area contributed by atoms with Crippen LogP contribution in [0.4, 0.5) is 0 Å². The Morgan fingerprint density at radius 3 is 1.29 bits per heavy atom. The van der Waals surface area contributed by atoms with E-state index < -0.39 is 18.2 Å². The van der Waals surface area contributed by atoms with Gasteiger partial charge in [-0.25, -0.2) is 0 Å². The Bertz CT molecular complexity index is 1060. The maximum atomic E-state index is 13.1. The van der Waals surface area contributed by atoms with Gasteiger partial charge < -0.3 is 20.3 Å². The van der Waals surface area contributed by atoms with Crippen molar-refractivity contribution in [2.24, 2.45) is 0 Å². The molecule has 6 heteroatoms. The molecule has 0 saturated heterocycles. The van der Waals surface area contributed by atoms with E-state index in [2.05, 4.69) is 74.7 Å². The molecule has 3 unspecified atom stereocenters. The first kappa shape index (κ1) is 56.6. The maximum absolute atomic E-state index is 13.1. The van der Waals surface area contributed by atoms with Crippen molar-refractivity contribution in [3.8, 4) is 0 Å². The summed E-state index contributed by atoms with van der Waals surface area (Å²) in [5.74, 6) is -0.624. The van der Waals surface area contributed by atoms with Crippen LogP contribution in [0.3, 0.4) is 0 Å². The van der Waals surface area contributed by atoms with Crippen LogP contribution in [0.25, 0.3) is 0 Å². The molecule has 0 saturated carbocycles. The van der Waals surface area contributed by atoms with Gasteiger partial charge >= 0.3 is 5.97 Å². The first-order valence-corrected chi connectivity index (χ1v) is 25.0. The average molecular weight is 826 g/mol. The molecule has 0 radical (unpaired) electrons. The minimum atomic E-state index is -0.817. The average Bonchev–Trinajstić information content (AvgIpc) is 3.23. The number of unbranched alkanes of at least 4 members (excludes halogenated alkanes) is 24. The molecule has 0 fully saturated rings. The second-order valence-corrected chi connectivity index (χ2v) is 16.8. The summed E-state index contributed by atoms with van der Waals surface area (Å²) in [4.78, 5) is 26.0. The van der Waals surface area contributed by atoms with E-state index in [9.17, 15) is 19.8 Å². The van der Waals surface area contributed by atoms with Crippen molar-refractivity contribution in [2.45, 2.75) is 257 Å². The lowest BCUT2D eigenvalue weighted by molar-refractivity contribution is -0.148. The molecule has 0 aromatic carbocycles. The Labute approximate surface area is 365 Å². The number of carbonyl (C=O) groups is 2. The van der Waals surface area contributed by atoms with E-state index in [4.69, 9.17) is 4.74 Å². The second kappa shape index (κ2) is 46.6. The molecule has 0 aromatic rings. The topological polar surface area (TPSA) is 95.9 Å². The molecule has 1 amide bonds. The first-order valence-electron chi connectivity index (χ1n) is 25.0. The minimum Gasteiger partial charge on any atom is -0.458 e. The van der Waals surface area contributed by atoms with Gasteiger partial charge in [-0.2, -0.15) is 0 Å². The van der Waals surface area contributed by atoms with Crippen LogP contribution in [-0.2, 0) is 14.3 Å². The van der Waals surface area contributed by atoms with Gasteiger partial charge in [0.25, 0.3) is 0 Å². The number of aliphatic hydroxyl groups excluding tert-OH is 2. The SMILES string of the molecule is CC/C=C/C/C=C/C/C=C/C/C=C/C/C=C/C(CC(=O)NC(CO)C(O)CCCCCCCCCCCCC)OC(=O)CCCCCCCCCCCCCCCCC. The fourth-order valence-electron chi connectivity index (χ4n) is 7.33. The van der Waals surface area contributed by atoms with Crippen molar-refractivity contribution in [2.75, 3.05) is 6.61 Å². The Morgan fingerprint density at radius 2 is 0.881 bits per heavy atom. The second-order valence-electron chi connectivity index (χ2n) is 16.8. The van der Waals surface area contributed by atoms with Crippen LogP contribution in [0.5, 0.6) is 0 Å².